The van der Waals surface area contributed by atoms with Crippen molar-refractivity contribution >= 4 is 0 Å². The van der Waals surface area contributed by atoms with E-state index < -0.39 is 0 Å². The first-order chi connectivity index (χ1) is 7.63. The minimum Gasteiger partial charge on any atom is -0.320 e. The second-order valence-corrected chi connectivity index (χ2v) is 4.43. The Morgan fingerprint density at radius 3 is 2.81 bits per heavy atom. The van der Waals surface area contributed by atoms with Crippen LogP contribution >= 0.6 is 0 Å². The van der Waals surface area contributed by atoms with Gasteiger partial charge in [-0.2, -0.15) is 0 Å². The van der Waals surface area contributed by atoms with Gasteiger partial charge in [-0.15, -0.1) is 0 Å². The molecule has 0 spiro atoms. The summed E-state index contributed by atoms with van der Waals surface area (Å²) in [6.45, 7) is 6.28. The van der Waals surface area contributed by atoms with Crippen LogP contribution in [0.15, 0.2) is 18.2 Å². The number of aromatic nitrogens is 1. The van der Waals surface area contributed by atoms with Crippen molar-refractivity contribution in [2.75, 3.05) is 20.6 Å². The predicted molar refractivity (Wildman–Crippen MR) is 68.4 cm³/mol. The highest BCUT2D eigenvalue weighted by atomic mass is 15.1. The van der Waals surface area contributed by atoms with E-state index in [-0.39, 0.29) is 0 Å². The number of nitrogens with one attached hydrogen (secondary N) is 1. The van der Waals surface area contributed by atoms with Crippen LogP contribution in [0.3, 0.4) is 0 Å². The van der Waals surface area contributed by atoms with Crippen molar-refractivity contribution in [1.29, 1.82) is 0 Å². The second kappa shape index (κ2) is 6.61. The van der Waals surface area contributed by atoms with E-state index in [0.717, 1.165) is 24.5 Å². The van der Waals surface area contributed by atoms with Gasteiger partial charge in [-0.05, 0) is 53.0 Å². The van der Waals surface area contributed by atoms with Gasteiger partial charge in [0.2, 0.25) is 0 Å². The Morgan fingerprint density at radius 1 is 1.44 bits per heavy atom. The molecule has 1 N–H and O–H groups in total. The van der Waals surface area contributed by atoms with Gasteiger partial charge in [-0.1, -0.05) is 6.07 Å². The van der Waals surface area contributed by atoms with Crippen molar-refractivity contribution in [3.8, 4) is 0 Å². The van der Waals surface area contributed by atoms with Gasteiger partial charge in [0.05, 0.1) is 5.69 Å². The summed E-state index contributed by atoms with van der Waals surface area (Å²) < 4.78 is 0. The summed E-state index contributed by atoms with van der Waals surface area (Å²) in [6.07, 6.45) is 1.17. The molecule has 0 saturated carbocycles. The average Bonchev–Trinajstić information content (AvgIpc) is 2.25. The van der Waals surface area contributed by atoms with Crippen LogP contribution < -0.4 is 5.32 Å². The van der Waals surface area contributed by atoms with Crippen LogP contribution in [-0.4, -0.2) is 36.6 Å². The molecule has 0 radical (unpaired) electrons. The molecule has 3 nitrogen and oxygen atoms in total. The molecule has 0 aromatic carbocycles. The lowest BCUT2D eigenvalue weighted by atomic mass is 10.2. The summed E-state index contributed by atoms with van der Waals surface area (Å²) in [6, 6.07) is 6.78. The van der Waals surface area contributed by atoms with Crippen molar-refractivity contribution in [2.24, 2.45) is 0 Å². The Balaban J connectivity index is 2.47. The third kappa shape index (κ3) is 4.29. The maximum absolute atomic E-state index is 4.52. The summed E-state index contributed by atoms with van der Waals surface area (Å²) in [4.78, 5) is 6.86. The Hall–Kier alpha value is -0.930. The molecule has 16 heavy (non-hydrogen) atoms. The lowest BCUT2D eigenvalue weighted by Crippen LogP contribution is -2.31. The average molecular weight is 221 g/mol. The highest BCUT2D eigenvalue weighted by molar-refractivity contribution is 5.09. The summed E-state index contributed by atoms with van der Waals surface area (Å²) in [5.41, 5.74) is 2.24. The molecule has 1 rings (SSSR count). The van der Waals surface area contributed by atoms with Crippen molar-refractivity contribution in [3.63, 3.8) is 0 Å². The van der Waals surface area contributed by atoms with Gasteiger partial charge in [-0.3, -0.25) is 9.88 Å². The van der Waals surface area contributed by atoms with Gasteiger partial charge in [0.1, 0.15) is 0 Å². The van der Waals surface area contributed by atoms with E-state index in [1.165, 1.54) is 6.42 Å². The molecule has 0 fully saturated rings. The Morgan fingerprint density at radius 2 is 2.19 bits per heavy atom. The first-order valence-corrected chi connectivity index (χ1v) is 5.91. The SMILES string of the molecule is CNCCC(C)N(C)Cc1cccc(C)n1. The van der Waals surface area contributed by atoms with E-state index >= 15 is 0 Å². The monoisotopic (exact) mass is 221 g/mol. The fraction of sp³-hybridized carbons (Fsp3) is 0.615. The van der Waals surface area contributed by atoms with Crippen LogP contribution in [0.2, 0.25) is 0 Å². The number of rotatable bonds is 6. The summed E-state index contributed by atoms with van der Waals surface area (Å²) >= 11 is 0. The van der Waals surface area contributed by atoms with Crippen molar-refractivity contribution in [3.05, 3.63) is 29.6 Å². The minimum atomic E-state index is 0.578. The number of pyridine rings is 1. The molecule has 0 aliphatic rings. The van der Waals surface area contributed by atoms with Gasteiger partial charge in [0, 0.05) is 18.3 Å². The molecule has 1 heterocycles. The number of aryl methyl sites for hydroxylation is 1. The summed E-state index contributed by atoms with van der Waals surface area (Å²) in [5.74, 6) is 0. The highest BCUT2D eigenvalue weighted by Crippen LogP contribution is 2.06. The van der Waals surface area contributed by atoms with Crippen LogP contribution in [0.25, 0.3) is 0 Å². The molecule has 0 bridgehead atoms. The molecule has 3 heteroatoms. The Bertz CT molecular complexity index is 312. The fourth-order valence-electron chi connectivity index (χ4n) is 1.67. The van der Waals surface area contributed by atoms with E-state index in [2.05, 4.69) is 41.3 Å². The molecule has 1 aromatic heterocycles. The molecule has 1 unspecified atom stereocenters. The Kier molecular flexibility index (Phi) is 5.43. The van der Waals surface area contributed by atoms with E-state index in [1.807, 2.05) is 20.0 Å². The van der Waals surface area contributed by atoms with E-state index in [1.54, 1.807) is 0 Å². The molecule has 0 saturated heterocycles. The molecule has 1 aromatic rings. The van der Waals surface area contributed by atoms with Crippen LogP contribution in [0, 0.1) is 6.92 Å². The molecular weight excluding hydrogens is 198 g/mol. The third-order valence-electron chi connectivity index (χ3n) is 2.92. The van der Waals surface area contributed by atoms with Gasteiger partial charge >= 0.3 is 0 Å². The zero-order valence-corrected chi connectivity index (χ0v) is 10.8. The van der Waals surface area contributed by atoms with E-state index in [4.69, 9.17) is 0 Å². The van der Waals surface area contributed by atoms with Crippen LogP contribution in [0.5, 0.6) is 0 Å². The lowest BCUT2D eigenvalue weighted by molar-refractivity contribution is 0.235. The molecule has 0 amide bonds. The first kappa shape index (κ1) is 13.1. The van der Waals surface area contributed by atoms with Gasteiger partial charge in [-0.25, -0.2) is 0 Å². The fourth-order valence-corrected chi connectivity index (χ4v) is 1.67. The van der Waals surface area contributed by atoms with Crippen molar-refractivity contribution in [1.82, 2.24) is 15.2 Å². The maximum Gasteiger partial charge on any atom is 0.0547 e. The predicted octanol–water partition coefficient (Wildman–Crippen LogP) is 1.82. The summed E-state index contributed by atoms with van der Waals surface area (Å²) in [7, 11) is 4.15. The third-order valence-corrected chi connectivity index (χ3v) is 2.92. The quantitative estimate of drug-likeness (QED) is 0.794. The number of nitrogens with zero attached hydrogens (tertiary/aromatic N) is 2. The van der Waals surface area contributed by atoms with E-state index in [9.17, 15) is 0 Å². The molecular formula is C13H23N3. The smallest absolute Gasteiger partial charge is 0.0547 e. The number of hydrogen-bond donors (Lipinski definition) is 1. The molecule has 0 aliphatic carbocycles. The number of hydrogen-bond acceptors (Lipinski definition) is 3. The van der Waals surface area contributed by atoms with E-state index in [0.29, 0.717) is 6.04 Å². The van der Waals surface area contributed by atoms with Crippen molar-refractivity contribution in [2.45, 2.75) is 32.9 Å². The van der Waals surface area contributed by atoms with Crippen molar-refractivity contribution < 1.29 is 0 Å². The van der Waals surface area contributed by atoms with Gasteiger partial charge in [0.15, 0.2) is 0 Å². The van der Waals surface area contributed by atoms with Gasteiger partial charge < -0.3 is 5.32 Å². The topological polar surface area (TPSA) is 28.2 Å². The highest BCUT2D eigenvalue weighted by Gasteiger charge is 2.09. The normalized spacial score (nSPS) is 13.1. The molecule has 1 atom stereocenters. The molecule has 90 valence electrons. The summed E-state index contributed by atoms with van der Waals surface area (Å²) in [5, 5.41) is 3.18. The maximum atomic E-state index is 4.52. The first-order valence-electron chi connectivity index (χ1n) is 5.91. The van der Waals surface area contributed by atoms with Crippen LogP contribution in [0.1, 0.15) is 24.7 Å². The van der Waals surface area contributed by atoms with Crippen LogP contribution in [-0.2, 0) is 6.54 Å². The largest absolute Gasteiger partial charge is 0.320 e. The standard InChI is InChI=1S/C13H23N3/c1-11-6-5-7-13(15-11)10-16(4)12(2)8-9-14-3/h5-7,12,14H,8-10H2,1-4H3. The van der Waals surface area contributed by atoms with Crippen LogP contribution in [0.4, 0.5) is 0 Å². The minimum absolute atomic E-state index is 0.578. The zero-order valence-electron chi connectivity index (χ0n) is 10.8. The lowest BCUT2D eigenvalue weighted by Gasteiger charge is -2.24. The zero-order chi connectivity index (χ0) is 12.0. The van der Waals surface area contributed by atoms with Gasteiger partial charge in [0.25, 0.3) is 0 Å². The molecule has 0 aliphatic heterocycles. The Labute approximate surface area is 98.9 Å². The second-order valence-electron chi connectivity index (χ2n) is 4.43.